The van der Waals surface area contributed by atoms with Gasteiger partial charge in [-0.05, 0) is 41.8 Å². The fourth-order valence-electron chi connectivity index (χ4n) is 3.91. The first kappa shape index (κ1) is 23.7. The first-order valence-corrected chi connectivity index (χ1v) is 10.7. The molecule has 2 aromatic rings. The Labute approximate surface area is 187 Å². The van der Waals surface area contributed by atoms with Crippen LogP contribution in [0.25, 0.3) is 0 Å². The highest BCUT2D eigenvalue weighted by atomic mass is 79.9. The number of benzene rings is 2. The smallest absolute Gasteiger partial charge is 0.0976 e. The van der Waals surface area contributed by atoms with Crippen molar-refractivity contribution in [3.8, 4) is 0 Å². The molecule has 0 saturated carbocycles. The second-order valence-corrected chi connectivity index (χ2v) is 8.55. The SMILES string of the molecule is CCCC(O)(c1ccc(Br)cc1)C(CN1CCOCC1)c1ccc(Cl)cc1.Cl. The molecular weight excluding hydrogens is 461 g/mol. The van der Waals surface area contributed by atoms with Gasteiger partial charge >= 0.3 is 0 Å². The van der Waals surface area contributed by atoms with Gasteiger partial charge in [-0.25, -0.2) is 0 Å². The zero-order valence-electron chi connectivity index (χ0n) is 16.1. The maximum absolute atomic E-state index is 12.0. The molecule has 2 aromatic carbocycles. The summed E-state index contributed by atoms with van der Waals surface area (Å²) < 4.78 is 6.52. The van der Waals surface area contributed by atoms with E-state index in [-0.39, 0.29) is 18.3 Å². The average molecular weight is 489 g/mol. The standard InChI is InChI=1S/C22H27BrClNO2.ClH/c1-2-11-22(26,18-5-7-19(23)8-6-18)21(16-25-12-14-27-15-13-25)17-3-9-20(24)10-4-17;/h3-10,21,26H,2,11-16H2,1H3;1H. The Morgan fingerprint density at radius 3 is 2.29 bits per heavy atom. The molecule has 0 amide bonds. The molecule has 0 spiro atoms. The Morgan fingerprint density at radius 1 is 1.11 bits per heavy atom. The van der Waals surface area contributed by atoms with Crippen LogP contribution in [0.2, 0.25) is 5.02 Å². The molecule has 0 radical (unpaired) electrons. The van der Waals surface area contributed by atoms with Gasteiger partial charge in [0.25, 0.3) is 0 Å². The fraction of sp³-hybridized carbons (Fsp3) is 0.455. The van der Waals surface area contributed by atoms with E-state index in [9.17, 15) is 5.11 Å². The van der Waals surface area contributed by atoms with Crippen molar-refractivity contribution in [2.45, 2.75) is 31.3 Å². The number of rotatable bonds is 7. The van der Waals surface area contributed by atoms with Crippen LogP contribution in [0.4, 0.5) is 0 Å². The molecule has 1 aliphatic rings. The van der Waals surface area contributed by atoms with Crippen LogP contribution in [0, 0.1) is 0 Å². The van der Waals surface area contributed by atoms with E-state index in [0.717, 1.165) is 54.9 Å². The van der Waals surface area contributed by atoms with Gasteiger partial charge in [-0.3, -0.25) is 4.90 Å². The number of hydrogen-bond donors (Lipinski definition) is 1. The van der Waals surface area contributed by atoms with Gasteiger partial charge in [-0.1, -0.05) is 65.1 Å². The number of morpholine rings is 1. The first-order chi connectivity index (χ1) is 13.0. The summed E-state index contributed by atoms with van der Waals surface area (Å²) in [6, 6.07) is 16.0. The Hall–Kier alpha value is -0.620. The van der Waals surface area contributed by atoms with Gasteiger partial charge in [0.2, 0.25) is 0 Å². The number of hydrogen-bond acceptors (Lipinski definition) is 3. The quantitative estimate of drug-likeness (QED) is 0.548. The van der Waals surface area contributed by atoms with Crippen molar-refractivity contribution in [1.82, 2.24) is 4.90 Å². The Balaban J connectivity index is 0.00000280. The molecule has 154 valence electrons. The topological polar surface area (TPSA) is 32.7 Å². The molecular formula is C22H28BrCl2NO2. The van der Waals surface area contributed by atoms with E-state index in [4.69, 9.17) is 16.3 Å². The van der Waals surface area contributed by atoms with Crippen LogP contribution in [-0.4, -0.2) is 42.9 Å². The third kappa shape index (κ3) is 5.71. The summed E-state index contributed by atoms with van der Waals surface area (Å²) in [4.78, 5) is 2.39. The largest absolute Gasteiger partial charge is 0.384 e. The lowest BCUT2D eigenvalue weighted by molar-refractivity contribution is -0.0285. The molecule has 28 heavy (non-hydrogen) atoms. The second-order valence-electron chi connectivity index (χ2n) is 7.20. The highest BCUT2D eigenvalue weighted by molar-refractivity contribution is 9.10. The van der Waals surface area contributed by atoms with E-state index in [1.807, 2.05) is 48.5 Å². The van der Waals surface area contributed by atoms with Crippen LogP contribution in [0.1, 0.15) is 36.8 Å². The average Bonchev–Trinajstić information content (AvgIpc) is 2.68. The van der Waals surface area contributed by atoms with Gasteiger partial charge in [0.1, 0.15) is 0 Å². The summed E-state index contributed by atoms with van der Waals surface area (Å²) in [5.74, 6) is -0.0472. The first-order valence-electron chi connectivity index (χ1n) is 9.57. The van der Waals surface area contributed by atoms with E-state index >= 15 is 0 Å². The lowest BCUT2D eigenvalue weighted by Gasteiger charge is -2.41. The second kappa shape index (κ2) is 11.0. The van der Waals surface area contributed by atoms with Crippen molar-refractivity contribution in [2.75, 3.05) is 32.8 Å². The highest BCUT2D eigenvalue weighted by Gasteiger charge is 2.39. The van der Waals surface area contributed by atoms with Gasteiger partial charge in [-0.15, -0.1) is 12.4 Å². The van der Waals surface area contributed by atoms with E-state index in [1.54, 1.807) is 0 Å². The van der Waals surface area contributed by atoms with Crippen molar-refractivity contribution in [3.63, 3.8) is 0 Å². The summed E-state index contributed by atoms with van der Waals surface area (Å²) >= 11 is 9.63. The van der Waals surface area contributed by atoms with Crippen molar-refractivity contribution >= 4 is 39.9 Å². The molecule has 2 unspecified atom stereocenters. The molecule has 6 heteroatoms. The maximum Gasteiger partial charge on any atom is 0.0976 e. The molecule has 1 fully saturated rings. The minimum atomic E-state index is -0.943. The van der Waals surface area contributed by atoms with Gasteiger partial charge in [0.15, 0.2) is 0 Å². The zero-order valence-corrected chi connectivity index (χ0v) is 19.3. The Morgan fingerprint density at radius 2 is 1.71 bits per heavy atom. The minimum Gasteiger partial charge on any atom is -0.384 e. The van der Waals surface area contributed by atoms with Gasteiger partial charge in [-0.2, -0.15) is 0 Å². The normalized spacial score (nSPS) is 18.1. The molecule has 3 nitrogen and oxygen atoms in total. The molecule has 0 bridgehead atoms. The van der Waals surface area contributed by atoms with Crippen LogP contribution in [0.5, 0.6) is 0 Å². The third-order valence-electron chi connectivity index (χ3n) is 5.37. The van der Waals surface area contributed by atoms with Crippen LogP contribution in [-0.2, 0) is 10.3 Å². The lowest BCUT2D eigenvalue weighted by atomic mass is 9.74. The summed E-state index contributed by atoms with van der Waals surface area (Å²) in [6.45, 7) is 6.20. The van der Waals surface area contributed by atoms with Crippen molar-refractivity contribution in [2.24, 2.45) is 0 Å². The molecule has 1 saturated heterocycles. The van der Waals surface area contributed by atoms with Crippen molar-refractivity contribution in [1.29, 1.82) is 0 Å². The molecule has 0 aromatic heterocycles. The monoisotopic (exact) mass is 487 g/mol. The van der Waals surface area contributed by atoms with Crippen LogP contribution in [0.15, 0.2) is 53.0 Å². The predicted octanol–water partition coefficient (Wildman–Crippen LogP) is 5.63. The molecule has 1 heterocycles. The summed E-state index contributed by atoms with van der Waals surface area (Å²) in [7, 11) is 0. The number of halogens is 3. The van der Waals surface area contributed by atoms with Gasteiger partial charge < -0.3 is 9.84 Å². The third-order valence-corrected chi connectivity index (χ3v) is 6.15. The predicted molar refractivity (Wildman–Crippen MR) is 122 cm³/mol. The number of nitrogens with zero attached hydrogens (tertiary/aromatic N) is 1. The van der Waals surface area contributed by atoms with Crippen molar-refractivity contribution in [3.05, 3.63) is 69.2 Å². The Bertz CT molecular complexity index is 720. The molecule has 1 aliphatic heterocycles. The van der Waals surface area contributed by atoms with Crippen LogP contribution in [0.3, 0.4) is 0 Å². The Kier molecular flexibility index (Phi) is 9.26. The summed E-state index contributed by atoms with van der Waals surface area (Å²) in [5.41, 5.74) is 1.13. The van der Waals surface area contributed by atoms with Crippen LogP contribution < -0.4 is 0 Å². The van der Waals surface area contributed by atoms with E-state index in [1.165, 1.54) is 0 Å². The lowest BCUT2D eigenvalue weighted by Crippen LogP contribution is -2.45. The minimum absolute atomic E-state index is 0. The molecule has 2 atom stereocenters. The highest BCUT2D eigenvalue weighted by Crippen LogP contribution is 2.42. The zero-order chi connectivity index (χ0) is 19.3. The molecule has 1 N–H and O–H groups in total. The number of ether oxygens (including phenoxy) is 1. The van der Waals surface area contributed by atoms with Gasteiger partial charge in [0, 0.05) is 35.0 Å². The fourth-order valence-corrected chi connectivity index (χ4v) is 4.30. The van der Waals surface area contributed by atoms with Crippen LogP contribution >= 0.6 is 39.9 Å². The van der Waals surface area contributed by atoms with E-state index in [2.05, 4.69) is 27.8 Å². The van der Waals surface area contributed by atoms with E-state index < -0.39 is 5.60 Å². The summed E-state index contributed by atoms with van der Waals surface area (Å²) in [5, 5.41) is 12.7. The van der Waals surface area contributed by atoms with E-state index in [0.29, 0.717) is 11.4 Å². The van der Waals surface area contributed by atoms with Gasteiger partial charge in [0.05, 0.1) is 18.8 Å². The molecule has 3 rings (SSSR count). The summed E-state index contributed by atoms with van der Waals surface area (Å²) in [6.07, 6.45) is 1.60. The maximum atomic E-state index is 12.0. The molecule has 0 aliphatic carbocycles. The number of aliphatic hydroxyl groups is 1. The van der Waals surface area contributed by atoms with Crippen molar-refractivity contribution < 1.29 is 9.84 Å².